The van der Waals surface area contributed by atoms with Crippen molar-refractivity contribution in [2.75, 3.05) is 6.61 Å². The SMILES string of the molecule is CC(C)COC(=O)[C@@H](NS(=O)(=O)c1cccs1)[C@H](C)O. The van der Waals surface area contributed by atoms with Crippen LogP contribution in [0.2, 0.25) is 0 Å². The average Bonchev–Trinajstić information content (AvgIpc) is 2.87. The van der Waals surface area contributed by atoms with E-state index in [9.17, 15) is 18.3 Å². The number of esters is 1. The Morgan fingerprint density at radius 2 is 2.10 bits per heavy atom. The molecule has 0 spiro atoms. The van der Waals surface area contributed by atoms with Gasteiger partial charge < -0.3 is 9.84 Å². The van der Waals surface area contributed by atoms with E-state index in [0.29, 0.717) is 0 Å². The van der Waals surface area contributed by atoms with Gasteiger partial charge >= 0.3 is 5.97 Å². The number of ether oxygens (including phenoxy) is 1. The Morgan fingerprint density at radius 1 is 1.45 bits per heavy atom. The number of carbonyl (C=O) groups excluding carboxylic acids is 1. The predicted octanol–water partition coefficient (Wildman–Crippen LogP) is 0.975. The van der Waals surface area contributed by atoms with E-state index in [1.54, 1.807) is 11.4 Å². The van der Waals surface area contributed by atoms with Gasteiger partial charge in [0.25, 0.3) is 10.0 Å². The number of aliphatic hydroxyl groups is 1. The minimum absolute atomic E-state index is 0.0832. The normalized spacial score (nSPS) is 15.1. The molecule has 2 N–H and O–H groups in total. The van der Waals surface area contributed by atoms with Crippen LogP contribution in [0, 0.1) is 5.92 Å². The maximum absolute atomic E-state index is 12.0. The fourth-order valence-corrected chi connectivity index (χ4v) is 3.59. The first-order chi connectivity index (χ1) is 9.24. The van der Waals surface area contributed by atoms with Gasteiger partial charge in [-0.15, -0.1) is 11.3 Å². The molecule has 114 valence electrons. The Kier molecular flexibility index (Phi) is 6.12. The van der Waals surface area contributed by atoms with Crippen molar-refractivity contribution in [3.05, 3.63) is 17.5 Å². The standard InChI is InChI=1S/C12H19NO5S2/c1-8(2)7-18-12(15)11(9(3)14)13-20(16,17)10-5-4-6-19-10/h4-6,8-9,11,13-14H,7H2,1-3H3/t9-,11-/m0/s1. The zero-order valence-electron chi connectivity index (χ0n) is 11.6. The van der Waals surface area contributed by atoms with E-state index < -0.39 is 28.1 Å². The molecule has 0 fully saturated rings. The van der Waals surface area contributed by atoms with Crippen LogP contribution in [0.3, 0.4) is 0 Å². The first kappa shape index (κ1) is 17.1. The van der Waals surface area contributed by atoms with Gasteiger partial charge in [0.1, 0.15) is 10.3 Å². The molecule has 1 heterocycles. The quantitative estimate of drug-likeness (QED) is 0.730. The number of carbonyl (C=O) groups is 1. The highest BCUT2D eigenvalue weighted by molar-refractivity contribution is 7.91. The van der Waals surface area contributed by atoms with E-state index in [2.05, 4.69) is 4.72 Å². The van der Waals surface area contributed by atoms with Crippen molar-refractivity contribution in [1.82, 2.24) is 4.72 Å². The average molecular weight is 321 g/mol. The van der Waals surface area contributed by atoms with Crippen molar-refractivity contribution < 1.29 is 23.1 Å². The third kappa shape index (κ3) is 4.86. The smallest absolute Gasteiger partial charge is 0.326 e. The van der Waals surface area contributed by atoms with Crippen molar-refractivity contribution >= 4 is 27.3 Å². The van der Waals surface area contributed by atoms with E-state index >= 15 is 0 Å². The minimum Gasteiger partial charge on any atom is -0.464 e. The molecule has 0 amide bonds. The van der Waals surface area contributed by atoms with Crippen LogP contribution >= 0.6 is 11.3 Å². The van der Waals surface area contributed by atoms with E-state index in [1.807, 2.05) is 13.8 Å². The molecule has 0 unspecified atom stereocenters. The maximum atomic E-state index is 12.0. The maximum Gasteiger partial charge on any atom is 0.326 e. The van der Waals surface area contributed by atoms with Gasteiger partial charge in [-0.1, -0.05) is 19.9 Å². The summed E-state index contributed by atoms with van der Waals surface area (Å²) < 4.78 is 31.3. The first-order valence-electron chi connectivity index (χ1n) is 6.14. The van der Waals surface area contributed by atoms with Crippen molar-refractivity contribution in [3.8, 4) is 0 Å². The molecule has 0 bridgehead atoms. The number of hydrogen-bond acceptors (Lipinski definition) is 6. The summed E-state index contributed by atoms with van der Waals surface area (Å²) in [5.41, 5.74) is 0. The molecular weight excluding hydrogens is 302 g/mol. The monoisotopic (exact) mass is 321 g/mol. The summed E-state index contributed by atoms with van der Waals surface area (Å²) in [4.78, 5) is 11.8. The predicted molar refractivity (Wildman–Crippen MR) is 75.9 cm³/mol. The molecule has 0 saturated carbocycles. The zero-order valence-corrected chi connectivity index (χ0v) is 13.2. The van der Waals surface area contributed by atoms with Gasteiger partial charge in [-0.3, -0.25) is 4.79 Å². The van der Waals surface area contributed by atoms with Gasteiger partial charge in [-0.25, -0.2) is 8.42 Å². The number of rotatable bonds is 7. The molecule has 0 aliphatic carbocycles. The molecule has 1 rings (SSSR count). The molecule has 6 nitrogen and oxygen atoms in total. The van der Waals surface area contributed by atoms with Crippen molar-refractivity contribution in [2.45, 2.75) is 37.1 Å². The second-order valence-electron chi connectivity index (χ2n) is 4.80. The van der Waals surface area contributed by atoms with Crippen LogP contribution in [0.25, 0.3) is 0 Å². The highest BCUT2D eigenvalue weighted by Gasteiger charge is 2.31. The summed E-state index contributed by atoms with van der Waals surface area (Å²) in [6.45, 7) is 5.22. The van der Waals surface area contributed by atoms with Crippen LogP contribution in [0.15, 0.2) is 21.7 Å². The highest BCUT2D eigenvalue weighted by atomic mass is 32.2. The Labute approximate surface area is 122 Å². The zero-order chi connectivity index (χ0) is 15.3. The molecule has 20 heavy (non-hydrogen) atoms. The highest BCUT2D eigenvalue weighted by Crippen LogP contribution is 2.16. The Balaban J connectivity index is 2.80. The van der Waals surface area contributed by atoms with Gasteiger partial charge in [0.2, 0.25) is 0 Å². The third-order valence-corrected chi connectivity index (χ3v) is 5.18. The van der Waals surface area contributed by atoms with Crippen LogP contribution in [0.1, 0.15) is 20.8 Å². The number of nitrogens with one attached hydrogen (secondary N) is 1. The molecule has 0 radical (unpaired) electrons. The summed E-state index contributed by atoms with van der Waals surface area (Å²) in [6.07, 6.45) is -1.19. The Morgan fingerprint density at radius 3 is 2.55 bits per heavy atom. The van der Waals surface area contributed by atoms with Crippen LogP contribution in [0.4, 0.5) is 0 Å². The largest absolute Gasteiger partial charge is 0.464 e. The first-order valence-corrected chi connectivity index (χ1v) is 8.51. The number of sulfonamides is 1. The molecule has 0 saturated heterocycles. The second-order valence-corrected chi connectivity index (χ2v) is 7.68. The lowest BCUT2D eigenvalue weighted by Crippen LogP contribution is -2.48. The second kappa shape index (κ2) is 7.16. The number of aliphatic hydroxyl groups excluding tert-OH is 1. The van der Waals surface area contributed by atoms with Gasteiger partial charge in [0.05, 0.1) is 12.7 Å². The van der Waals surface area contributed by atoms with Crippen LogP contribution in [-0.4, -0.2) is 38.2 Å². The number of hydrogen-bond donors (Lipinski definition) is 2. The lowest BCUT2D eigenvalue weighted by Gasteiger charge is -2.20. The fourth-order valence-electron chi connectivity index (χ4n) is 1.32. The van der Waals surface area contributed by atoms with E-state index in [-0.39, 0.29) is 16.7 Å². The summed E-state index contributed by atoms with van der Waals surface area (Å²) in [5, 5.41) is 11.2. The number of thiophene rings is 1. The molecule has 2 atom stereocenters. The summed E-state index contributed by atoms with van der Waals surface area (Å²) in [6, 6.07) is 1.69. The van der Waals surface area contributed by atoms with Crippen LogP contribution in [0.5, 0.6) is 0 Å². The summed E-state index contributed by atoms with van der Waals surface area (Å²) in [5.74, 6) is -0.656. The fraction of sp³-hybridized carbons (Fsp3) is 0.583. The summed E-state index contributed by atoms with van der Waals surface area (Å²) >= 11 is 1.03. The third-order valence-electron chi connectivity index (χ3n) is 2.34. The molecule has 1 aromatic rings. The molecule has 0 aliphatic rings. The molecular formula is C12H19NO5S2. The topological polar surface area (TPSA) is 92.7 Å². The molecule has 0 aromatic carbocycles. The molecule has 0 aliphatic heterocycles. The van der Waals surface area contributed by atoms with E-state index in [0.717, 1.165) is 11.3 Å². The van der Waals surface area contributed by atoms with Gasteiger partial charge in [0.15, 0.2) is 0 Å². The lowest BCUT2D eigenvalue weighted by atomic mass is 10.2. The van der Waals surface area contributed by atoms with Crippen molar-refractivity contribution in [2.24, 2.45) is 5.92 Å². The van der Waals surface area contributed by atoms with Gasteiger partial charge in [-0.2, -0.15) is 4.72 Å². The van der Waals surface area contributed by atoms with Crippen molar-refractivity contribution in [1.29, 1.82) is 0 Å². The molecule has 1 aromatic heterocycles. The minimum atomic E-state index is -3.84. The van der Waals surface area contributed by atoms with Crippen LogP contribution < -0.4 is 4.72 Å². The van der Waals surface area contributed by atoms with E-state index in [4.69, 9.17) is 4.74 Å². The van der Waals surface area contributed by atoms with Gasteiger partial charge in [0, 0.05) is 0 Å². The summed E-state index contributed by atoms with van der Waals surface area (Å²) in [7, 11) is -3.84. The van der Waals surface area contributed by atoms with Gasteiger partial charge in [-0.05, 0) is 24.3 Å². The van der Waals surface area contributed by atoms with E-state index in [1.165, 1.54) is 13.0 Å². The Bertz CT molecular complexity index is 522. The Hall–Kier alpha value is -0.960. The van der Waals surface area contributed by atoms with Crippen molar-refractivity contribution in [3.63, 3.8) is 0 Å². The molecule has 8 heteroatoms. The lowest BCUT2D eigenvalue weighted by molar-refractivity contribution is -0.149. The van der Waals surface area contributed by atoms with Crippen LogP contribution in [-0.2, 0) is 19.6 Å².